The lowest BCUT2D eigenvalue weighted by Crippen LogP contribution is -2.63. The Morgan fingerprint density at radius 2 is 2.00 bits per heavy atom. The Morgan fingerprint density at radius 1 is 1.32 bits per heavy atom. The van der Waals surface area contributed by atoms with E-state index >= 15 is 0 Å². The third kappa shape index (κ3) is 2.81. The van der Waals surface area contributed by atoms with Crippen molar-refractivity contribution in [2.24, 2.45) is 39.2 Å². The van der Waals surface area contributed by atoms with Gasteiger partial charge in [0.1, 0.15) is 18.5 Å². The molecule has 0 saturated heterocycles. The Hall–Kier alpha value is -1.47. The van der Waals surface area contributed by atoms with E-state index in [4.69, 9.17) is 4.74 Å². The molecular weight excluding hydrogens is 362 g/mol. The molecule has 0 aromatic rings. The van der Waals surface area contributed by atoms with Crippen molar-refractivity contribution < 1.29 is 29.7 Å². The minimum Gasteiger partial charge on any atom is -0.460 e. The van der Waals surface area contributed by atoms with Gasteiger partial charge >= 0.3 is 5.97 Å². The molecule has 3 saturated carbocycles. The highest BCUT2D eigenvalue weighted by Gasteiger charge is 2.68. The minimum absolute atomic E-state index is 0.127. The van der Waals surface area contributed by atoms with Gasteiger partial charge in [-0.3, -0.25) is 4.79 Å². The maximum atomic E-state index is 13.1. The highest BCUT2D eigenvalue weighted by molar-refractivity contribution is 5.86. The van der Waals surface area contributed by atoms with E-state index in [9.17, 15) is 25.0 Å². The third-order valence-corrected chi connectivity index (χ3v) is 8.59. The number of oxime groups is 1. The summed E-state index contributed by atoms with van der Waals surface area (Å²) < 4.78 is 5.72. The number of nitrogens with zero attached hydrogens (tertiary/aromatic N) is 1. The third-order valence-electron chi connectivity index (χ3n) is 8.59. The molecule has 0 spiro atoms. The number of rotatable bonds is 3. The van der Waals surface area contributed by atoms with Crippen LogP contribution in [0, 0.1) is 34.0 Å². The molecule has 3 aliphatic rings. The van der Waals surface area contributed by atoms with Gasteiger partial charge in [0.15, 0.2) is 0 Å². The van der Waals surface area contributed by atoms with Gasteiger partial charge in [0.05, 0.1) is 12.3 Å². The smallest absolute Gasteiger partial charge is 0.332 e. The number of carbonyl (C=O) groups is 2. The first-order chi connectivity index (χ1) is 13.1. The molecule has 3 rings (SSSR count). The number of hydrogen-bond acceptors (Lipinski definition) is 7. The van der Waals surface area contributed by atoms with E-state index in [0.717, 1.165) is 12.8 Å². The van der Waals surface area contributed by atoms with Crippen LogP contribution in [0.5, 0.6) is 0 Å². The van der Waals surface area contributed by atoms with Crippen molar-refractivity contribution in [3.63, 3.8) is 0 Å². The van der Waals surface area contributed by atoms with Crippen LogP contribution in [-0.4, -0.2) is 52.2 Å². The monoisotopic (exact) mass is 395 g/mol. The van der Waals surface area contributed by atoms with Crippen LogP contribution in [0.2, 0.25) is 0 Å². The van der Waals surface area contributed by atoms with Crippen molar-refractivity contribution >= 4 is 18.0 Å². The van der Waals surface area contributed by atoms with Crippen LogP contribution in [0.3, 0.4) is 0 Å². The van der Waals surface area contributed by atoms with E-state index in [2.05, 4.69) is 12.1 Å². The Morgan fingerprint density at radius 3 is 2.61 bits per heavy atom. The first kappa shape index (κ1) is 21.2. The zero-order valence-corrected chi connectivity index (χ0v) is 17.2. The molecule has 0 unspecified atom stereocenters. The summed E-state index contributed by atoms with van der Waals surface area (Å²) >= 11 is 0. The number of aliphatic hydroxyl groups excluding tert-OH is 2. The van der Waals surface area contributed by atoms with Gasteiger partial charge < -0.3 is 20.2 Å². The minimum atomic E-state index is -0.934. The lowest BCUT2D eigenvalue weighted by atomic mass is 9.44. The summed E-state index contributed by atoms with van der Waals surface area (Å²) in [4.78, 5) is 25.2. The Bertz CT molecular complexity index is 680. The van der Waals surface area contributed by atoms with Gasteiger partial charge in [-0.05, 0) is 42.9 Å². The van der Waals surface area contributed by atoms with E-state index in [0.29, 0.717) is 12.8 Å². The SMILES string of the molecule is C[C@@H]1CC[C@@]23CCC(=O)[C@H]2[C@]1(C)[C@H](OC(=O)CO)C[C@@](C)(/C=N/O)[C@@H](O)[C@@H]3C. The quantitative estimate of drug-likeness (QED) is 0.292. The molecule has 3 fully saturated rings. The van der Waals surface area contributed by atoms with Crippen molar-refractivity contribution in [1.82, 2.24) is 0 Å². The number of aliphatic hydroxyl groups is 2. The lowest BCUT2D eigenvalue weighted by Gasteiger charge is -2.61. The first-order valence-corrected chi connectivity index (χ1v) is 10.3. The zero-order valence-electron chi connectivity index (χ0n) is 17.2. The van der Waals surface area contributed by atoms with Crippen molar-refractivity contribution in [3.05, 3.63) is 0 Å². The second kappa shape index (κ2) is 7.10. The second-order valence-electron chi connectivity index (χ2n) is 9.76. The standard InChI is InChI=1S/C21H33NO6/c1-12-5-7-21-8-6-14(24)17(21)20(12,4)15(28-16(25)10-23)9-19(3,11-22-27)18(26)13(21)2/h11-13,15,17-18,23,26-27H,5-10H2,1-4H3/b22-11+/t12-,13+,15-,17+,18+,19+,20+,21+/m1/s1. The Balaban J connectivity index is 2.22. The Labute approximate surface area is 166 Å². The molecule has 0 amide bonds. The maximum absolute atomic E-state index is 13.1. The summed E-state index contributed by atoms with van der Waals surface area (Å²) in [5.41, 5.74) is -1.92. The van der Waals surface area contributed by atoms with Gasteiger partial charge in [-0.25, -0.2) is 4.79 Å². The number of carbonyl (C=O) groups excluding carboxylic acids is 2. The largest absolute Gasteiger partial charge is 0.460 e. The van der Waals surface area contributed by atoms with Crippen LogP contribution in [-0.2, 0) is 14.3 Å². The highest BCUT2D eigenvalue weighted by atomic mass is 16.6. The number of ether oxygens (including phenoxy) is 1. The van der Waals surface area contributed by atoms with Crippen LogP contribution < -0.4 is 0 Å². The summed E-state index contributed by atoms with van der Waals surface area (Å²) in [7, 11) is 0. The molecule has 158 valence electrons. The summed E-state index contributed by atoms with van der Waals surface area (Å²) in [6.07, 6.45) is 2.91. The number of esters is 1. The molecule has 0 radical (unpaired) electrons. The molecule has 0 aliphatic heterocycles. The van der Waals surface area contributed by atoms with Crippen LogP contribution in [0.15, 0.2) is 5.16 Å². The van der Waals surface area contributed by atoms with Crippen LogP contribution in [0.25, 0.3) is 0 Å². The first-order valence-electron chi connectivity index (χ1n) is 10.3. The molecule has 0 heterocycles. The van der Waals surface area contributed by atoms with Crippen molar-refractivity contribution in [3.8, 4) is 0 Å². The second-order valence-corrected chi connectivity index (χ2v) is 9.76. The average Bonchev–Trinajstić information content (AvgIpc) is 3.01. The van der Waals surface area contributed by atoms with E-state index in [1.165, 1.54) is 6.21 Å². The summed E-state index contributed by atoms with van der Waals surface area (Å²) in [5, 5.41) is 33.1. The van der Waals surface area contributed by atoms with E-state index < -0.39 is 35.6 Å². The van der Waals surface area contributed by atoms with Crippen LogP contribution in [0.1, 0.15) is 59.8 Å². The van der Waals surface area contributed by atoms with E-state index in [-0.39, 0.29) is 35.4 Å². The van der Waals surface area contributed by atoms with Crippen molar-refractivity contribution in [1.29, 1.82) is 0 Å². The number of hydrogen-bond donors (Lipinski definition) is 3. The summed E-state index contributed by atoms with van der Waals surface area (Å²) in [5.74, 6) is -0.917. The van der Waals surface area contributed by atoms with Gasteiger partial charge in [0.25, 0.3) is 0 Å². The predicted molar refractivity (Wildman–Crippen MR) is 102 cm³/mol. The normalized spacial score (nSPS) is 48.8. The topological polar surface area (TPSA) is 116 Å². The summed E-state index contributed by atoms with van der Waals surface area (Å²) in [6.45, 7) is 7.17. The fourth-order valence-electron chi connectivity index (χ4n) is 6.75. The molecule has 0 aromatic carbocycles. The number of ketones is 1. The van der Waals surface area contributed by atoms with Crippen molar-refractivity contribution in [2.75, 3.05) is 6.61 Å². The van der Waals surface area contributed by atoms with Gasteiger partial charge in [-0.1, -0.05) is 27.7 Å². The van der Waals surface area contributed by atoms with Gasteiger partial charge in [0, 0.05) is 23.2 Å². The van der Waals surface area contributed by atoms with Crippen molar-refractivity contribution in [2.45, 2.75) is 72.0 Å². The molecule has 28 heavy (non-hydrogen) atoms. The fourth-order valence-corrected chi connectivity index (χ4v) is 6.75. The maximum Gasteiger partial charge on any atom is 0.332 e. The Kier molecular flexibility index (Phi) is 5.38. The lowest BCUT2D eigenvalue weighted by molar-refractivity contribution is -0.205. The molecule has 2 bridgehead atoms. The highest BCUT2D eigenvalue weighted by Crippen LogP contribution is 2.67. The predicted octanol–water partition coefficient (Wildman–Crippen LogP) is 2.16. The average molecular weight is 395 g/mol. The molecule has 7 heteroatoms. The summed E-state index contributed by atoms with van der Waals surface area (Å²) in [6, 6.07) is 0. The molecule has 3 N–H and O–H groups in total. The fraction of sp³-hybridized carbons (Fsp3) is 0.857. The van der Waals surface area contributed by atoms with Gasteiger partial charge in [0.2, 0.25) is 0 Å². The molecule has 7 nitrogen and oxygen atoms in total. The molecular formula is C21H33NO6. The van der Waals surface area contributed by atoms with Crippen LogP contribution in [0.4, 0.5) is 0 Å². The van der Waals surface area contributed by atoms with Crippen LogP contribution >= 0.6 is 0 Å². The van der Waals surface area contributed by atoms with E-state index in [1.54, 1.807) is 6.92 Å². The molecule has 8 atom stereocenters. The molecule has 0 aromatic heterocycles. The van der Waals surface area contributed by atoms with E-state index in [1.807, 2.05) is 13.8 Å². The van der Waals surface area contributed by atoms with Gasteiger partial charge in [-0.2, -0.15) is 0 Å². The van der Waals surface area contributed by atoms with Gasteiger partial charge in [-0.15, -0.1) is 5.16 Å². The molecule has 3 aliphatic carbocycles. The number of Topliss-reactive ketones (excluding diaryl/α,β-unsaturated/α-hetero) is 1. The zero-order chi connectivity index (χ0) is 20.9.